The van der Waals surface area contributed by atoms with Crippen molar-refractivity contribution in [1.82, 2.24) is 0 Å². The van der Waals surface area contributed by atoms with E-state index in [1.165, 1.54) is 0 Å². The average Bonchev–Trinajstić information content (AvgIpc) is 3.01. The number of Topliss-reactive ketones (excluding diaryl/α,β-unsaturated/α-hetero) is 1. The third kappa shape index (κ3) is 8.17. The summed E-state index contributed by atoms with van der Waals surface area (Å²) < 4.78 is 41.3. The molecule has 0 saturated heterocycles. The number of nitrogens with two attached hydrogens (primary N) is 1. The first-order chi connectivity index (χ1) is 20.3. The van der Waals surface area contributed by atoms with E-state index in [1.807, 2.05) is 13.0 Å². The zero-order valence-electron chi connectivity index (χ0n) is 25.3. The lowest BCUT2D eigenvalue weighted by Crippen LogP contribution is -2.17. The Morgan fingerprint density at radius 2 is 1.81 bits per heavy atom. The molecule has 0 saturated carbocycles. The molecule has 2 aliphatic carbocycles. The fraction of sp³-hybridized carbons (Fsp3) is 0.400. The van der Waals surface area contributed by atoms with Crippen LogP contribution in [0.15, 0.2) is 80.1 Å². The summed E-state index contributed by atoms with van der Waals surface area (Å²) in [5, 5.41) is 8.34. The zero-order valence-corrected chi connectivity index (χ0v) is 26.1. The molecule has 3 aliphatic rings. The standard InChI is InChI=1S/C35H40F3N3OS/c1-5-26(42)18-22-11-8-10-14-29(22)43-30-19-25(34(3,4)6-2)17-23-15-16-31(39)41-32(40)20-28(33(23)30)27-13-9-7-12-24(27)21-35(36,37)38/h7,11-12,14-17,19-20H,5-6,8-10,13,18,21H2,1-4H3,(H3,39,40,41)/b16-15+,28-20+. The molecule has 4 nitrogen and oxygen atoms in total. The van der Waals surface area contributed by atoms with Crippen molar-refractivity contribution in [3.63, 3.8) is 0 Å². The van der Waals surface area contributed by atoms with E-state index in [9.17, 15) is 18.0 Å². The number of allylic oxidation sites excluding steroid dienone is 8. The number of hydrogen-bond acceptors (Lipinski definition) is 4. The monoisotopic (exact) mass is 607 g/mol. The van der Waals surface area contributed by atoms with Crippen molar-refractivity contribution in [2.45, 2.75) is 95.5 Å². The van der Waals surface area contributed by atoms with Gasteiger partial charge in [-0.25, -0.2) is 4.99 Å². The summed E-state index contributed by atoms with van der Waals surface area (Å²) in [6.07, 6.45) is 11.7. The number of thioether (sulfide) groups is 1. The predicted octanol–water partition coefficient (Wildman–Crippen LogP) is 9.78. The SMILES string of the molecule is CCC(=O)CC1=CCCC=C1Sc1cc(C(C)(C)CC)cc2c1/C(C1=C(CC(F)(F)F)C=CCC1)=C/C(N)=NC(=N)/C=C/2. The van der Waals surface area contributed by atoms with Crippen LogP contribution in [-0.2, 0) is 10.2 Å². The van der Waals surface area contributed by atoms with Crippen LogP contribution in [-0.4, -0.2) is 23.6 Å². The van der Waals surface area contributed by atoms with Crippen LogP contribution in [0.25, 0.3) is 11.6 Å². The Bertz CT molecular complexity index is 1520. The molecule has 1 heterocycles. The van der Waals surface area contributed by atoms with Crippen molar-refractivity contribution >= 4 is 40.9 Å². The molecular weight excluding hydrogens is 567 g/mol. The van der Waals surface area contributed by atoms with Crippen LogP contribution in [0.2, 0.25) is 0 Å². The van der Waals surface area contributed by atoms with Crippen LogP contribution in [0.3, 0.4) is 0 Å². The van der Waals surface area contributed by atoms with Crippen LogP contribution in [0.1, 0.15) is 95.8 Å². The Labute approximate surface area is 257 Å². The molecule has 1 aliphatic heterocycles. The Kier molecular flexibility index (Phi) is 10.2. The first kappa shape index (κ1) is 32.5. The number of rotatable bonds is 9. The Morgan fingerprint density at radius 3 is 2.51 bits per heavy atom. The summed E-state index contributed by atoms with van der Waals surface area (Å²) >= 11 is 1.56. The van der Waals surface area contributed by atoms with Gasteiger partial charge in [0, 0.05) is 28.2 Å². The highest BCUT2D eigenvalue weighted by atomic mass is 32.2. The van der Waals surface area contributed by atoms with E-state index in [4.69, 9.17) is 11.1 Å². The summed E-state index contributed by atoms with van der Waals surface area (Å²) in [6, 6.07) is 4.22. The van der Waals surface area contributed by atoms with E-state index in [0.717, 1.165) is 51.3 Å². The highest BCUT2D eigenvalue weighted by Crippen LogP contribution is 2.47. The van der Waals surface area contributed by atoms with Gasteiger partial charge in [-0.2, -0.15) is 13.2 Å². The molecule has 0 fully saturated rings. The normalized spacial score (nSPS) is 19.7. The summed E-state index contributed by atoms with van der Waals surface area (Å²) in [5.41, 5.74) is 11.1. The number of hydrogen-bond donors (Lipinski definition) is 2. The average molecular weight is 608 g/mol. The zero-order chi connectivity index (χ0) is 31.4. The number of fused-ring (bicyclic) bond motifs is 1. The molecule has 8 heteroatoms. The minimum Gasteiger partial charge on any atom is -0.384 e. The van der Waals surface area contributed by atoms with E-state index < -0.39 is 12.6 Å². The van der Waals surface area contributed by atoms with Gasteiger partial charge in [-0.3, -0.25) is 10.2 Å². The molecule has 1 aromatic rings. The third-order valence-electron chi connectivity index (χ3n) is 8.22. The van der Waals surface area contributed by atoms with Gasteiger partial charge in [0.15, 0.2) is 0 Å². The Balaban J connectivity index is 2.03. The molecule has 43 heavy (non-hydrogen) atoms. The quantitative estimate of drug-likeness (QED) is 0.293. The lowest BCUT2D eigenvalue weighted by Gasteiger charge is -2.29. The van der Waals surface area contributed by atoms with E-state index in [0.29, 0.717) is 36.8 Å². The minimum atomic E-state index is -4.38. The van der Waals surface area contributed by atoms with E-state index in [1.54, 1.807) is 36.1 Å². The lowest BCUT2D eigenvalue weighted by molar-refractivity contribution is -0.126. The molecule has 0 atom stereocenters. The van der Waals surface area contributed by atoms with Gasteiger partial charge in [-0.1, -0.05) is 75.9 Å². The number of amidine groups is 2. The smallest absolute Gasteiger partial charge is 0.384 e. The first-order valence-electron chi connectivity index (χ1n) is 14.9. The lowest BCUT2D eigenvalue weighted by atomic mass is 9.79. The van der Waals surface area contributed by atoms with E-state index in [-0.39, 0.29) is 28.4 Å². The maximum Gasteiger partial charge on any atom is 0.393 e. The van der Waals surface area contributed by atoms with Gasteiger partial charge in [-0.15, -0.1) is 0 Å². The van der Waals surface area contributed by atoms with Crippen molar-refractivity contribution in [1.29, 1.82) is 5.41 Å². The van der Waals surface area contributed by atoms with Crippen molar-refractivity contribution in [2.75, 3.05) is 0 Å². The molecular formula is C35H40F3N3OS. The van der Waals surface area contributed by atoms with E-state index >= 15 is 0 Å². The molecule has 0 spiro atoms. The fourth-order valence-electron chi connectivity index (χ4n) is 5.40. The summed E-state index contributed by atoms with van der Waals surface area (Å²) in [4.78, 5) is 18.6. The molecule has 0 aromatic heterocycles. The number of carbonyl (C=O) groups excluding carboxylic acids is 1. The molecule has 4 rings (SSSR count). The Hall–Kier alpha value is -3.39. The van der Waals surface area contributed by atoms with Crippen LogP contribution < -0.4 is 5.73 Å². The summed E-state index contributed by atoms with van der Waals surface area (Å²) in [5.74, 6) is 0.182. The number of ketones is 1. The maximum atomic E-state index is 13.8. The molecule has 0 amide bonds. The van der Waals surface area contributed by atoms with Gasteiger partial charge in [0.05, 0.1) is 6.42 Å². The molecule has 1 aromatic carbocycles. The van der Waals surface area contributed by atoms with Gasteiger partial charge < -0.3 is 5.73 Å². The largest absolute Gasteiger partial charge is 0.393 e. The number of aliphatic imine (C=N–C) groups is 1. The number of nitrogens with zero attached hydrogens (tertiary/aromatic N) is 1. The van der Waals surface area contributed by atoms with Crippen LogP contribution >= 0.6 is 11.8 Å². The summed E-state index contributed by atoms with van der Waals surface area (Å²) in [7, 11) is 0. The van der Waals surface area contributed by atoms with Crippen molar-refractivity contribution in [2.24, 2.45) is 10.7 Å². The van der Waals surface area contributed by atoms with Gasteiger partial charge in [-0.05, 0) is 89.2 Å². The molecule has 3 N–H and O–H groups in total. The van der Waals surface area contributed by atoms with E-state index in [2.05, 4.69) is 50.0 Å². The molecule has 0 bridgehead atoms. The topological polar surface area (TPSA) is 79.3 Å². The van der Waals surface area contributed by atoms with Gasteiger partial charge in [0.2, 0.25) is 0 Å². The van der Waals surface area contributed by atoms with Gasteiger partial charge in [0.25, 0.3) is 0 Å². The van der Waals surface area contributed by atoms with Gasteiger partial charge >= 0.3 is 6.18 Å². The first-order valence-corrected chi connectivity index (χ1v) is 15.7. The Morgan fingerprint density at radius 1 is 1.07 bits per heavy atom. The minimum absolute atomic E-state index is 0.0402. The number of nitrogens with one attached hydrogen (secondary N) is 1. The third-order valence-corrected chi connectivity index (χ3v) is 9.41. The highest BCUT2D eigenvalue weighted by Gasteiger charge is 2.32. The van der Waals surface area contributed by atoms with Crippen LogP contribution in [0.5, 0.6) is 0 Å². The van der Waals surface area contributed by atoms with Crippen LogP contribution in [0.4, 0.5) is 13.2 Å². The van der Waals surface area contributed by atoms with Crippen molar-refractivity contribution < 1.29 is 18.0 Å². The molecule has 0 unspecified atom stereocenters. The number of alkyl halides is 3. The number of benzene rings is 1. The summed E-state index contributed by atoms with van der Waals surface area (Å²) in [6.45, 7) is 8.33. The highest BCUT2D eigenvalue weighted by molar-refractivity contribution is 8.03. The number of carbonyl (C=O) groups is 1. The van der Waals surface area contributed by atoms with Crippen LogP contribution in [0, 0.1) is 5.41 Å². The number of halogens is 3. The second-order valence-corrected chi connectivity index (χ2v) is 12.9. The molecule has 228 valence electrons. The maximum absolute atomic E-state index is 13.8. The fourth-order valence-corrected chi connectivity index (χ4v) is 6.64. The van der Waals surface area contributed by atoms with Crippen molar-refractivity contribution in [3.05, 3.63) is 86.9 Å². The second-order valence-electron chi connectivity index (χ2n) is 11.8. The second kappa shape index (κ2) is 13.5. The van der Waals surface area contributed by atoms with Crippen molar-refractivity contribution in [3.8, 4) is 0 Å². The predicted molar refractivity (Wildman–Crippen MR) is 173 cm³/mol. The molecule has 0 radical (unpaired) electrons. The van der Waals surface area contributed by atoms with Gasteiger partial charge in [0.1, 0.15) is 17.5 Å².